The molecule has 0 radical (unpaired) electrons. The number of carbonyl (C=O) groups is 1. The standard InChI is InChI=1S/C29H25F8NO3S/c1-40-17-25(39)38-15-14-26(18-38,42-21-6-3-2-4-7-21)19-10-12-20(13-11-19)27(28(32,33)34,29(35,36)37)41-16-22-23(30)8-5-9-24(22)31/h2-13H,14-18H2,1H3. The molecule has 3 aromatic carbocycles. The van der Waals surface area contributed by atoms with Gasteiger partial charge in [-0.3, -0.25) is 4.79 Å². The van der Waals surface area contributed by atoms with Crippen LogP contribution in [0.3, 0.4) is 0 Å². The van der Waals surface area contributed by atoms with Gasteiger partial charge in [0.1, 0.15) is 18.2 Å². The molecule has 1 unspecified atom stereocenters. The van der Waals surface area contributed by atoms with Crippen molar-refractivity contribution in [3.63, 3.8) is 0 Å². The molecule has 1 atom stereocenters. The predicted molar refractivity (Wildman–Crippen MR) is 138 cm³/mol. The first-order valence-electron chi connectivity index (χ1n) is 12.6. The van der Waals surface area contributed by atoms with Crippen molar-refractivity contribution in [2.75, 3.05) is 26.8 Å². The summed E-state index contributed by atoms with van der Waals surface area (Å²) in [5.74, 6) is -3.01. The van der Waals surface area contributed by atoms with E-state index in [2.05, 4.69) is 4.74 Å². The average molecular weight is 620 g/mol. The lowest BCUT2D eigenvalue weighted by atomic mass is 9.88. The molecule has 1 amide bonds. The van der Waals surface area contributed by atoms with E-state index in [-0.39, 0.29) is 25.6 Å². The maximum Gasteiger partial charge on any atom is 0.430 e. The highest BCUT2D eigenvalue weighted by Crippen LogP contribution is 2.54. The number of halogens is 8. The van der Waals surface area contributed by atoms with Crippen LogP contribution in [0.25, 0.3) is 0 Å². The van der Waals surface area contributed by atoms with Crippen LogP contribution in [0.1, 0.15) is 23.1 Å². The van der Waals surface area contributed by atoms with Crippen LogP contribution in [-0.2, 0) is 31.2 Å². The van der Waals surface area contributed by atoms with Crippen LogP contribution < -0.4 is 0 Å². The average Bonchev–Trinajstić information content (AvgIpc) is 3.35. The van der Waals surface area contributed by atoms with Crippen molar-refractivity contribution in [3.8, 4) is 0 Å². The molecule has 4 nitrogen and oxygen atoms in total. The van der Waals surface area contributed by atoms with E-state index in [0.29, 0.717) is 36.2 Å². The lowest BCUT2D eigenvalue weighted by molar-refractivity contribution is -0.392. The second kappa shape index (κ2) is 12.2. The normalized spacial score (nSPS) is 18.0. The van der Waals surface area contributed by atoms with Gasteiger partial charge in [-0.05, 0) is 36.2 Å². The summed E-state index contributed by atoms with van der Waals surface area (Å²) >= 11 is 1.33. The van der Waals surface area contributed by atoms with Crippen LogP contribution >= 0.6 is 11.8 Å². The van der Waals surface area contributed by atoms with Crippen molar-refractivity contribution in [3.05, 3.63) is 101 Å². The smallest absolute Gasteiger partial charge is 0.375 e. The number of rotatable bonds is 9. The highest BCUT2D eigenvalue weighted by Gasteiger charge is 2.73. The van der Waals surface area contributed by atoms with E-state index in [4.69, 9.17) is 4.74 Å². The van der Waals surface area contributed by atoms with Gasteiger partial charge in [0, 0.05) is 36.2 Å². The molecule has 1 saturated heterocycles. The second-order valence-electron chi connectivity index (χ2n) is 9.65. The molecule has 226 valence electrons. The maximum atomic E-state index is 14.3. The Balaban J connectivity index is 1.76. The van der Waals surface area contributed by atoms with E-state index in [1.807, 2.05) is 0 Å². The molecule has 0 spiro atoms. The zero-order valence-corrected chi connectivity index (χ0v) is 22.9. The summed E-state index contributed by atoms with van der Waals surface area (Å²) in [5, 5.41) is 0. The van der Waals surface area contributed by atoms with Crippen molar-refractivity contribution in [1.29, 1.82) is 0 Å². The van der Waals surface area contributed by atoms with Crippen molar-refractivity contribution < 1.29 is 49.4 Å². The van der Waals surface area contributed by atoms with Gasteiger partial charge in [0.2, 0.25) is 5.91 Å². The molecule has 0 saturated carbocycles. The minimum absolute atomic E-state index is 0.126. The van der Waals surface area contributed by atoms with Gasteiger partial charge in [-0.2, -0.15) is 26.3 Å². The Labute approximate surface area is 240 Å². The number of methoxy groups -OCH3 is 1. The Morgan fingerprint density at radius 2 is 1.48 bits per heavy atom. The third-order valence-electron chi connectivity index (χ3n) is 7.02. The summed E-state index contributed by atoms with van der Waals surface area (Å²) < 4.78 is 123. The fourth-order valence-corrected chi connectivity index (χ4v) is 6.31. The predicted octanol–water partition coefficient (Wildman–Crippen LogP) is 7.37. The van der Waals surface area contributed by atoms with Crippen molar-refractivity contribution in [2.24, 2.45) is 0 Å². The van der Waals surface area contributed by atoms with Crippen LogP contribution in [0.2, 0.25) is 0 Å². The lowest BCUT2D eigenvalue weighted by Gasteiger charge is -2.38. The summed E-state index contributed by atoms with van der Waals surface area (Å²) in [4.78, 5) is 14.8. The van der Waals surface area contributed by atoms with Gasteiger partial charge < -0.3 is 14.4 Å². The summed E-state index contributed by atoms with van der Waals surface area (Å²) in [6.07, 6.45) is -11.8. The second-order valence-corrected chi connectivity index (χ2v) is 11.1. The Morgan fingerprint density at radius 1 is 0.881 bits per heavy atom. The van der Waals surface area contributed by atoms with E-state index in [1.54, 1.807) is 30.3 Å². The van der Waals surface area contributed by atoms with Crippen LogP contribution in [-0.4, -0.2) is 50.0 Å². The number of alkyl halides is 6. The number of hydrogen-bond donors (Lipinski definition) is 0. The molecule has 1 aliphatic rings. The largest absolute Gasteiger partial charge is 0.430 e. The van der Waals surface area contributed by atoms with Gasteiger partial charge in [0.15, 0.2) is 0 Å². The molecule has 0 aromatic heterocycles. The highest BCUT2D eigenvalue weighted by molar-refractivity contribution is 8.00. The Kier molecular flexibility index (Phi) is 9.24. The first-order valence-corrected chi connectivity index (χ1v) is 13.4. The number of thioether (sulfide) groups is 1. The van der Waals surface area contributed by atoms with E-state index in [0.717, 1.165) is 23.1 Å². The van der Waals surface area contributed by atoms with E-state index in [9.17, 15) is 39.9 Å². The minimum atomic E-state index is -6.05. The SMILES string of the molecule is COCC(=O)N1CCC(Sc2ccccc2)(c2ccc(C(OCc3c(F)cccc3F)(C(F)(F)F)C(F)(F)F)cc2)C1. The van der Waals surface area contributed by atoms with Crippen LogP contribution in [0, 0.1) is 11.6 Å². The third-order valence-corrected chi connectivity index (χ3v) is 8.49. The van der Waals surface area contributed by atoms with Crippen LogP contribution in [0.4, 0.5) is 35.1 Å². The number of amides is 1. The summed E-state index contributed by atoms with van der Waals surface area (Å²) in [6.45, 7) is -1.41. The summed E-state index contributed by atoms with van der Waals surface area (Å²) in [5.41, 5.74) is -6.89. The fraction of sp³-hybridized carbons (Fsp3) is 0.345. The van der Waals surface area contributed by atoms with Gasteiger partial charge >= 0.3 is 12.4 Å². The van der Waals surface area contributed by atoms with Gasteiger partial charge in [0.05, 0.1) is 11.4 Å². The quantitative estimate of drug-likeness (QED) is 0.235. The third kappa shape index (κ3) is 6.13. The van der Waals surface area contributed by atoms with Gasteiger partial charge in [0.25, 0.3) is 5.60 Å². The topological polar surface area (TPSA) is 38.8 Å². The Morgan fingerprint density at radius 3 is 2.02 bits per heavy atom. The fourth-order valence-electron chi connectivity index (χ4n) is 4.90. The van der Waals surface area contributed by atoms with E-state index >= 15 is 0 Å². The van der Waals surface area contributed by atoms with Gasteiger partial charge in [-0.25, -0.2) is 8.78 Å². The first-order chi connectivity index (χ1) is 19.7. The zero-order valence-electron chi connectivity index (χ0n) is 22.1. The maximum absolute atomic E-state index is 14.3. The molecule has 3 aromatic rings. The number of benzene rings is 3. The molecule has 42 heavy (non-hydrogen) atoms. The first kappa shape index (κ1) is 31.8. The number of ether oxygens (including phenoxy) is 2. The van der Waals surface area contributed by atoms with E-state index < -0.39 is 52.1 Å². The van der Waals surface area contributed by atoms with Crippen LogP contribution in [0.15, 0.2) is 77.7 Å². The molecule has 13 heteroatoms. The molecule has 0 aliphatic carbocycles. The molecule has 0 bridgehead atoms. The zero-order chi connectivity index (χ0) is 30.8. The molecule has 0 N–H and O–H groups in total. The number of nitrogens with zero attached hydrogens (tertiary/aromatic N) is 1. The number of carbonyl (C=O) groups excluding carboxylic acids is 1. The van der Waals surface area contributed by atoms with Gasteiger partial charge in [-0.1, -0.05) is 48.5 Å². The molecular formula is C29H25F8NO3S. The minimum Gasteiger partial charge on any atom is -0.375 e. The molecule has 1 aliphatic heterocycles. The van der Waals surface area contributed by atoms with E-state index in [1.165, 1.54) is 23.8 Å². The van der Waals surface area contributed by atoms with Crippen molar-refractivity contribution in [2.45, 2.75) is 40.6 Å². The Hall–Kier alpha value is -3.16. The molecule has 1 heterocycles. The lowest BCUT2D eigenvalue weighted by Crippen LogP contribution is -2.56. The molecule has 1 fully saturated rings. The monoisotopic (exact) mass is 619 g/mol. The van der Waals surface area contributed by atoms with Crippen molar-refractivity contribution in [1.82, 2.24) is 4.90 Å². The molecule has 4 rings (SSSR count). The highest BCUT2D eigenvalue weighted by atomic mass is 32.2. The van der Waals surface area contributed by atoms with Crippen molar-refractivity contribution >= 4 is 17.7 Å². The Bertz CT molecular complexity index is 1350. The molecular weight excluding hydrogens is 594 g/mol. The number of hydrogen-bond acceptors (Lipinski definition) is 4. The van der Waals surface area contributed by atoms with Gasteiger partial charge in [-0.15, -0.1) is 11.8 Å². The summed E-state index contributed by atoms with van der Waals surface area (Å²) in [7, 11) is 1.36. The summed E-state index contributed by atoms with van der Waals surface area (Å²) in [6, 6.07) is 14.8. The number of likely N-dealkylation sites (tertiary alicyclic amines) is 1. The van der Waals surface area contributed by atoms with Crippen LogP contribution in [0.5, 0.6) is 0 Å².